The highest BCUT2D eigenvalue weighted by molar-refractivity contribution is 6.33. The van der Waals surface area contributed by atoms with Crippen molar-refractivity contribution in [3.8, 4) is 33.8 Å². The quantitative estimate of drug-likeness (QED) is 0.217. The summed E-state index contributed by atoms with van der Waals surface area (Å²) in [6.45, 7) is 0. The number of benzene rings is 7. The lowest BCUT2D eigenvalue weighted by Gasteiger charge is -2.12. The van der Waals surface area contributed by atoms with Crippen LogP contribution in [0.3, 0.4) is 0 Å². The van der Waals surface area contributed by atoms with E-state index < -0.39 is 0 Å². The third-order valence-corrected chi connectivity index (χ3v) is 8.25. The van der Waals surface area contributed by atoms with Gasteiger partial charge in [-0.2, -0.15) is 0 Å². The van der Waals surface area contributed by atoms with Gasteiger partial charge in [0.1, 0.15) is 11.2 Å². The molecule has 0 N–H and O–H groups in total. The normalized spacial score (nSPS) is 11.9. The average molecular weight is 523 g/mol. The third-order valence-electron chi connectivity index (χ3n) is 8.25. The molecular weight excluding hydrogens is 500 g/mol. The fourth-order valence-corrected chi connectivity index (χ4v) is 6.33. The van der Waals surface area contributed by atoms with Gasteiger partial charge in [-0.1, -0.05) is 109 Å². The van der Waals surface area contributed by atoms with E-state index in [1.807, 2.05) is 12.1 Å². The van der Waals surface area contributed by atoms with E-state index in [-0.39, 0.29) is 0 Å². The summed E-state index contributed by atoms with van der Waals surface area (Å²) in [5.74, 6) is 0.719. The number of nitrogens with zero attached hydrogens (tertiary/aromatic N) is 2. The van der Waals surface area contributed by atoms with Crippen LogP contribution in [0.15, 0.2) is 138 Å². The van der Waals surface area contributed by atoms with E-state index in [1.165, 1.54) is 43.4 Å². The van der Waals surface area contributed by atoms with Gasteiger partial charge in [-0.3, -0.25) is 0 Å². The van der Waals surface area contributed by atoms with E-state index in [9.17, 15) is 0 Å². The summed E-state index contributed by atoms with van der Waals surface area (Å²) in [4.78, 5) is 10.2. The largest absolute Gasteiger partial charge is 0.456 e. The number of furan rings is 1. The van der Waals surface area contributed by atoms with Crippen molar-refractivity contribution in [2.45, 2.75) is 0 Å². The minimum absolute atomic E-state index is 0.719. The van der Waals surface area contributed by atoms with Gasteiger partial charge in [0.05, 0.1) is 11.2 Å². The molecule has 0 aliphatic heterocycles. The molecule has 190 valence electrons. The Balaban J connectivity index is 1.26. The lowest BCUT2D eigenvalue weighted by molar-refractivity contribution is 0.669. The molecule has 0 saturated heterocycles. The Labute approximate surface area is 235 Å². The first-order valence-electron chi connectivity index (χ1n) is 13.8. The molecule has 0 atom stereocenters. The van der Waals surface area contributed by atoms with Crippen LogP contribution in [0.2, 0.25) is 0 Å². The van der Waals surface area contributed by atoms with Crippen LogP contribution in [-0.2, 0) is 0 Å². The van der Waals surface area contributed by atoms with E-state index in [0.29, 0.717) is 0 Å². The Morgan fingerprint density at radius 1 is 0.390 bits per heavy atom. The molecule has 7 aromatic carbocycles. The van der Waals surface area contributed by atoms with Crippen molar-refractivity contribution in [2.75, 3.05) is 0 Å². The maximum absolute atomic E-state index is 6.22. The molecule has 2 heterocycles. The number of hydrogen-bond donors (Lipinski definition) is 0. The van der Waals surface area contributed by atoms with E-state index in [4.69, 9.17) is 14.4 Å². The van der Waals surface area contributed by atoms with Crippen molar-refractivity contribution < 1.29 is 4.42 Å². The summed E-state index contributed by atoms with van der Waals surface area (Å²) < 4.78 is 6.22. The molecule has 9 rings (SSSR count). The Morgan fingerprint density at radius 3 is 1.78 bits per heavy atom. The second-order valence-electron chi connectivity index (χ2n) is 10.6. The summed E-state index contributed by atoms with van der Waals surface area (Å²) in [5.41, 5.74) is 8.17. The minimum atomic E-state index is 0.719. The zero-order chi connectivity index (χ0) is 26.9. The fraction of sp³-hybridized carbons (Fsp3) is 0. The second kappa shape index (κ2) is 8.48. The van der Waals surface area contributed by atoms with Crippen LogP contribution in [-0.4, -0.2) is 9.97 Å². The van der Waals surface area contributed by atoms with Crippen LogP contribution < -0.4 is 0 Å². The molecule has 0 radical (unpaired) electrons. The molecule has 41 heavy (non-hydrogen) atoms. The molecule has 0 spiro atoms. The van der Waals surface area contributed by atoms with Crippen molar-refractivity contribution in [2.24, 2.45) is 0 Å². The number of rotatable bonds is 3. The van der Waals surface area contributed by atoms with Crippen LogP contribution >= 0.6 is 0 Å². The highest BCUT2D eigenvalue weighted by atomic mass is 16.3. The van der Waals surface area contributed by atoms with Crippen LogP contribution in [0.25, 0.3) is 88.2 Å². The van der Waals surface area contributed by atoms with Gasteiger partial charge >= 0.3 is 0 Å². The summed E-state index contributed by atoms with van der Waals surface area (Å²) in [6, 6.07) is 46.6. The number of aromatic nitrogens is 2. The van der Waals surface area contributed by atoms with Crippen LogP contribution in [0.4, 0.5) is 0 Å². The first-order chi connectivity index (χ1) is 20.3. The minimum Gasteiger partial charge on any atom is -0.456 e. The van der Waals surface area contributed by atoms with Crippen molar-refractivity contribution in [3.05, 3.63) is 133 Å². The van der Waals surface area contributed by atoms with Crippen LogP contribution in [0.5, 0.6) is 0 Å². The lowest BCUT2D eigenvalue weighted by Crippen LogP contribution is -1.95. The monoisotopic (exact) mass is 522 g/mol. The fourth-order valence-electron chi connectivity index (χ4n) is 6.33. The van der Waals surface area contributed by atoms with Gasteiger partial charge in [0.2, 0.25) is 0 Å². The van der Waals surface area contributed by atoms with E-state index in [2.05, 4.69) is 121 Å². The van der Waals surface area contributed by atoms with Crippen molar-refractivity contribution in [1.82, 2.24) is 9.97 Å². The Bertz CT molecular complexity index is 2400. The van der Waals surface area contributed by atoms with Crippen molar-refractivity contribution >= 4 is 54.4 Å². The highest BCUT2D eigenvalue weighted by Gasteiger charge is 2.18. The zero-order valence-electron chi connectivity index (χ0n) is 22.0. The second-order valence-corrected chi connectivity index (χ2v) is 10.6. The van der Waals surface area contributed by atoms with Gasteiger partial charge in [-0.15, -0.1) is 0 Å². The molecule has 9 aromatic rings. The summed E-state index contributed by atoms with van der Waals surface area (Å²) >= 11 is 0. The standard InChI is InChI=1S/C38H22N2O/c1-2-8-23(9-3-1)24-16-18-25(19-17-24)37-30-10-4-5-13-32(30)39-38(40-37)26-20-21-27-28-11-6-14-33-35(28)36-29(31(27)22-26)12-7-15-34(36)41-33/h1-22H. The van der Waals surface area contributed by atoms with Crippen LogP contribution in [0, 0.1) is 0 Å². The van der Waals surface area contributed by atoms with Crippen molar-refractivity contribution in [1.29, 1.82) is 0 Å². The Hall–Kier alpha value is -5.54. The van der Waals surface area contributed by atoms with Crippen molar-refractivity contribution in [3.63, 3.8) is 0 Å². The van der Waals surface area contributed by atoms with Crippen LogP contribution in [0.1, 0.15) is 0 Å². The summed E-state index contributed by atoms with van der Waals surface area (Å²) in [5, 5.41) is 8.21. The molecule has 3 nitrogen and oxygen atoms in total. The van der Waals surface area contributed by atoms with E-state index >= 15 is 0 Å². The molecule has 0 saturated carbocycles. The van der Waals surface area contributed by atoms with Gasteiger partial charge in [0.25, 0.3) is 0 Å². The predicted octanol–water partition coefficient (Wildman–Crippen LogP) is 10.3. The number of hydrogen-bond acceptors (Lipinski definition) is 3. The number of fused-ring (bicyclic) bond motifs is 4. The maximum Gasteiger partial charge on any atom is 0.160 e. The van der Waals surface area contributed by atoms with E-state index in [0.717, 1.165) is 44.7 Å². The van der Waals surface area contributed by atoms with Gasteiger partial charge in [0.15, 0.2) is 5.82 Å². The molecule has 0 fully saturated rings. The molecule has 3 heteroatoms. The average Bonchev–Trinajstić information content (AvgIpc) is 3.44. The third kappa shape index (κ3) is 3.33. The number of para-hydroxylation sites is 1. The predicted molar refractivity (Wildman–Crippen MR) is 169 cm³/mol. The highest BCUT2D eigenvalue weighted by Crippen LogP contribution is 2.43. The Morgan fingerprint density at radius 2 is 1.00 bits per heavy atom. The lowest BCUT2D eigenvalue weighted by atomic mass is 9.93. The van der Waals surface area contributed by atoms with E-state index in [1.54, 1.807) is 0 Å². The molecule has 0 aliphatic rings. The molecule has 0 unspecified atom stereocenters. The first-order valence-corrected chi connectivity index (χ1v) is 13.8. The summed E-state index contributed by atoms with van der Waals surface area (Å²) in [6.07, 6.45) is 0. The Kier molecular flexibility index (Phi) is 4.61. The molecule has 0 aliphatic carbocycles. The molecule has 0 amide bonds. The van der Waals surface area contributed by atoms with Gasteiger partial charge in [-0.25, -0.2) is 9.97 Å². The van der Waals surface area contributed by atoms with Gasteiger partial charge < -0.3 is 4.42 Å². The zero-order valence-corrected chi connectivity index (χ0v) is 22.0. The smallest absolute Gasteiger partial charge is 0.160 e. The molecule has 2 aromatic heterocycles. The topological polar surface area (TPSA) is 38.9 Å². The maximum atomic E-state index is 6.22. The van der Waals surface area contributed by atoms with Gasteiger partial charge in [-0.05, 0) is 56.9 Å². The molecule has 0 bridgehead atoms. The SMILES string of the molecule is c1ccc(-c2ccc(-c3nc(-c4ccc5c(c4)c4cccc6oc7cccc5c7c64)nc4ccccc34)cc2)cc1. The molecular formula is C38H22N2O. The first kappa shape index (κ1) is 22.3. The summed E-state index contributed by atoms with van der Waals surface area (Å²) in [7, 11) is 0. The van der Waals surface area contributed by atoms with Gasteiger partial charge in [0, 0.05) is 27.3 Å².